The molecule has 2 N–H and O–H groups in total. The van der Waals surface area contributed by atoms with Gasteiger partial charge in [-0.3, -0.25) is 0 Å². The van der Waals surface area contributed by atoms with Gasteiger partial charge in [0.05, 0.1) is 17.6 Å². The Morgan fingerprint density at radius 1 is 1.41 bits per heavy atom. The average molecular weight is 295 g/mol. The van der Waals surface area contributed by atoms with E-state index in [4.69, 9.17) is 5.73 Å². The molecule has 0 unspecified atom stereocenters. The molecule has 1 aromatic heterocycles. The molecule has 0 aliphatic rings. The van der Waals surface area contributed by atoms with Crippen LogP contribution in [0.25, 0.3) is 5.69 Å². The van der Waals surface area contributed by atoms with Crippen molar-refractivity contribution >= 4 is 15.9 Å². The lowest BCUT2D eigenvalue weighted by Gasteiger charge is -2.02. The van der Waals surface area contributed by atoms with Crippen LogP contribution in [0.4, 0.5) is 0 Å². The van der Waals surface area contributed by atoms with E-state index >= 15 is 0 Å². The minimum absolute atomic E-state index is 0.685. The van der Waals surface area contributed by atoms with Gasteiger partial charge in [0.2, 0.25) is 0 Å². The molecule has 0 fully saturated rings. The number of hydrogen-bond acceptors (Lipinski definition) is 3. The lowest BCUT2D eigenvalue weighted by atomic mass is 10.2. The van der Waals surface area contributed by atoms with Crippen LogP contribution in [0.5, 0.6) is 0 Å². The number of halogens is 1. The molecule has 1 aromatic carbocycles. The van der Waals surface area contributed by atoms with Crippen molar-refractivity contribution in [1.29, 1.82) is 0 Å². The minimum atomic E-state index is 0.685. The van der Waals surface area contributed by atoms with E-state index in [1.807, 2.05) is 18.3 Å². The zero-order chi connectivity index (χ0) is 12.3. The molecule has 17 heavy (non-hydrogen) atoms. The molecule has 4 nitrogen and oxygen atoms in total. The van der Waals surface area contributed by atoms with E-state index in [2.05, 4.69) is 39.2 Å². The van der Waals surface area contributed by atoms with Crippen LogP contribution >= 0.6 is 15.9 Å². The van der Waals surface area contributed by atoms with Gasteiger partial charge in [-0.05, 0) is 50.1 Å². The largest absolute Gasteiger partial charge is 0.330 e. The van der Waals surface area contributed by atoms with Gasteiger partial charge in [-0.1, -0.05) is 21.1 Å². The van der Waals surface area contributed by atoms with Crippen molar-refractivity contribution < 1.29 is 0 Å². The number of hydrogen-bond donors (Lipinski definition) is 1. The summed E-state index contributed by atoms with van der Waals surface area (Å²) in [6.45, 7) is 2.74. The predicted octanol–water partition coefficient (Wildman–Crippen LogP) is 2.23. The van der Waals surface area contributed by atoms with Crippen molar-refractivity contribution in [1.82, 2.24) is 15.0 Å². The zero-order valence-corrected chi connectivity index (χ0v) is 11.3. The van der Waals surface area contributed by atoms with Crippen LogP contribution in [0.1, 0.15) is 17.7 Å². The molecule has 2 rings (SSSR count). The molecule has 0 radical (unpaired) electrons. The monoisotopic (exact) mass is 294 g/mol. The molecule has 1 heterocycles. The van der Waals surface area contributed by atoms with E-state index in [9.17, 15) is 0 Å². The van der Waals surface area contributed by atoms with E-state index in [1.165, 1.54) is 5.56 Å². The lowest BCUT2D eigenvalue weighted by Crippen LogP contribution is -2.00. The molecule has 5 heteroatoms. The molecule has 0 bridgehead atoms. The third-order valence-electron chi connectivity index (χ3n) is 2.58. The van der Waals surface area contributed by atoms with Crippen molar-refractivity contribution in [2.45, 2.75) is 19.8 Å². The fourth-order valence-corrected chi connectivity index (χ4v) is 1.84. The van der Waals surface area contributed by atoms with E-state index in [0.717, 1.165) is 28.7 Å². The Hall–Kier alpha value is -1.20. The first-order chi connectivity index (χ1) is 8.20. The first-order valence-corrected chi connectivity index (χ1v) is 6.38. The highest BCUT2D eigenvalue weighted by molar-refractivity contribution is 9.10. The van der Waals surface area contributed by atoms with Crippen LogP contribution in [-0.4, -0.2) is 21.5 Å². The first kappa shape index (κ1) is 12.3. The standard InChI is InChI=1S/C12H15BrN4/c1-9-7-11(4-5-12(9)13)17-8-10(15-16-17)3-2-6-14/h4-5,7-8H,2-3,6,14H2,1H3. The minimum Gasteiger partial charge on any atom is -0.330 e. The smallest absolute Gasteiger partial charge is 0.0832 e. The molecule has 0 amide bonds. The molecule has 0 atom stereocenters. The van der Waals surface area contributed by atoms with E-state index < -0.39 is 0 Å². The first-order valence-electron chi connectivity index (χ1n) is 5.58. The number of nitrogens with zero attached hydrogens (tertiary/aromatic N) is 3. The molecular weight excluding hydrogens is 280 g/mol. The van der Waals surface area contributed by atoms with Crippen molar-refractivity contribution in [3.05, 3.63) is 40.1 Å². The highest BCUT2D eigenvalue weighted by atomic mass is 79.9. The molecule has 0 saturated heterocycles. The number of aryl methyl sites for hydroxylation is 2. The highest BCUT2D eigenvalue weighted by Crippen LogP contribution is 2.19. The second kappa shape index (κ2) is 5.42. The summed E-state index contributed by atoms with van der Waals surface area (Å²) in [5, 5.41) is 8.25. The van der Waals surface area contributed by atoms with Gasteiger partial charge in [0.25, 0.3) is 0 Å². The topological polar surface area (TPSA) is 56.7 Å². The summed E-state index contributed by atoms with van der Waals surface area (Å²) < 4.78 is 2.90. The lowest BCUT2D eigenvalue weighted by molar-refractivity contribution is 0.778. The summed E-state index contributed by atoms with van der Waals surface area (Å²) >= 11 is 3.48. The Bertz CT molecular complexity index is 507. The summed E-state index contributed by atoms with van der Waals surface area (Å²) in [7, 11) is 0. The van der Waals surface area contributed by atoms with Crippen LogP contribution in [0.2, 0.25) is 0 Å². The van der Waals surface area contributed by atoms with E-state index in [1.54, 1.807) is 4.68 Å². The highest BCUT2D eigenvalue weighted by Gasteiger charge is 2.03. The number of rotatable bonds is 4. The molecule has 2 aromatic rings. The average Bonchev–Trinajstić information content (AvgIpc) is 2.79. The van der Waals surface area contributed by atoms with Crippen molar-refractivity contribution in [3.63, 3.8) is 0 Å². The van der Waals surface area contributed by atoms with E-state index in [0.29, 0.717) is 6.54 Å². The van der Waals surface area contributed by atoms with Gasteiger partial charge in [-0.2, -0.15) is 0 Å². The van der Waals surface area contributed by atoms with Crippen LogP contribution in [-0.2, 0) is 6.42 Å². The molecule has 0 saturated carbocycles. The summed E-state index contributed by atoms with van der Waals surface area (Å²) in [5.74, 6) is 0. The maximum absolute atomic E-state index is 5.47. The van der Waals surface area contributed by atoms with Gasteiger partial charge in [0.1, 0.15) is 0 Å². The maximum Gasteiger partial charge on any atom is 0.0832 e. The number of benzene rings is 1. The van der Waals surface area contributed by atoms with Gasteiger partial charge in [-0.25, -0.2) is 4.68 Å². The van der Waals surface area contributed by atoms with Gasteiger partial charge < -0.3 is 5.73 Å². The third-order valence-corrected chi connectivity index (χ3v) is 3.47. The van der Waals surface area contributed by atoms with Crippen LogP contribution < -0.4 is 5.73 Å². The molecule has 90 valence electrons. The number of nitrogens with two attached hydrogens (primary N) is 1. The summed E-state index contributed by atoms with van der Waals surface area (Å²) in [6, 6.07) is 6.11. The van der Waals surface area contributed by atoms with Crippen molar-refractivity contribution in [2.24, 2.45) is 5.73 Å². The molecule has 0 spiro atoms. The Morgan fingerprint density at radius 2 is 2.24 bits per heavy atom. The van der Waals surface area contributed by atoms with Crippen LogP contribution in [0.15, 0.2) is 28.9 Å². The number of aromatic nitrogens is 3. The Morgan fingerprint density at radius 3 is 2.94 bits per heavy atom. The normalized spacial score (nSPS) is 10.8. The van der Waals surface area contributed by atoms with Gasteiger partial charge in [0, 0.05) is 4.47 Å². The SMILES string of the molecule is Cc1cc(-n2cc(CCCN)nn2)ccc1Br. The van der Waals surface area contributed by atoms with Gasteiger partial charge >= 0.3 is 0 Å². The second-order valence-corrected chi connectivity index (χ2v) is 4.83. The van der Waals surface area contributed by atoms with Crippen LogP contribution in [0.3, 0.4) is 0 Å². The Balaban J connectivity index is 2.21. The molecule has 0 aliphatic carbocycles. The molecule has 0 aliphatic heterocycles. The van der Waals surface area contributed by atoms with E-state index in [-0.39, 0.29) is 0 Å². The zero-order valence-electron chi connectivity index (χ0n) is 9.73. The van der Waals surface area contributed by atoms with Crippen molar-refractivity contribution in [3.8, 4) is 5.69 Å². The second-order valence-electron chi connectivity index (χ2n) is 3.98. The fraction of sp³-hybridized carbons (Fsp3) is 0.333. The quantitative estimate of drug-likeness (QED) is 0.941. The third kappa shape index (κ3) is 2.92. The summed E-state index contributed by atoms with van der Waals surface area (Å²) in [5.41, 5.74) is 8.66. The van der Waals surface area contributed by atoms with Crippen LogP contribution in [0, 0.1) is 6.92 Å². The maximum atomic E-state index is 5.47. The summed E-state index contributed by atoms with van der Waals surface area (Å²) in [6.07, 6.45) is 3.78. The van der Waals surface area contributed by atoms with Gasteiger partial charge in [0.15, 0.2) is 0 Å². The van der Waals surface area contributed by atoms with Gasteiger partial charge in [-0.15, -0.1) is 5.10 Å². The Labute approximate surface area is 109 Å². The fourth-order valence-electron chi connectivity index (χ4n) is 1.59. The summed E-state index contributed by atoms with van der Waals surface area (Å²) in [4.78, 5) is 0. The predicted molar refractivity (Wildman–Crippen MR) is 71.2 cm³/mol. The molecular formula is C12H15BrN4. The van der Waals surface area contributed by atoms with Crippen molar-refractivity contribution in [2.75, 3.05) is 6.54 Å². The Kier molecular flexibility index (Phi) is 3.91.